The Bertz CT molecular complexity index is 246. The monoisotopic (exact) mass is 211 g/mol. The minimum Gasteiger partial charge on any atom is -0.344 e. The molecular weight excluding hydrogens is 190 g/mol. The molecule has 0 radical (unpaired) electrons. The first-order chi connectivity index (χ1) is 7.08. The van der Waals surface area contributed by atoms with Gasteiger partial charge < -0.3 is 15.1 Å². The van der Waals surface area contributed by atoms with Crippen molar-refractivity contribution in [2.45, 2.75) is 37.9 Å². The second-order valence-corrected chi connectivity index (χ2v) is 4.99. The molecule has 2 heterocycles. The van der Waals surface area contributed by atoms with Crippen LogP contribution in [0.2, 0.25) is 0 Å². The van der Waals surface area contributed by atoms with Crippen LogP contribution in [0, 0.1) is 0 Å². The fourth-order valence-corrected chi connectivity index (χ4v) is 2.58. The number of carbonyl (C=O) groups excluding carboxylic acids is 1. The Balaban J connectivity index is 1.86. The molecule has 0 saturated carbocycles. The van der Waals surface area contributed by atoms with E-state index >= 15 is 0 Å². The maximum Gasteiger partial charge on any atom is 0.239 e. The second-order valence-electron chi connectivity index (χ2n) is 4.99. The van der Waals surface area contributed by atoms with Crippen LogP contribution in [0.1, 0.15) is 19.8 Å². The Morgan fingerprint density at radius 2 is 2.13 bits per heavy atom. The van der Waals surface area contributed by atoms with Crippen LogP contribution in [-0.2, 0) is 4.79 Å². The summed E-state index contributed by atoms with van der Waals surface area (Å²) in [6, 6.07) is 1.20. The number of rotatable bonds is 2. The molecule has 0 bridgehead atoms. The van der Waals surface area contributed by atoms with Crippen LogP contribution in [0.4, 0.5) is 0 Å². The average molecular weight is 211 g/mol. The first-order valence-electron chi connectivity index (χ1n) is 5.79. The number of hydrogen-bond donors (Lipinski definition) is 1. The molecule has 0 aromatic heterocycles. The molecule has 15 heavy (non-hydrogen) atoms. The zero-order valence-corrected chi connectivity index (χ0v) is 9.86. The van der Waals surface area contributed by atoms with Crippen molar-refractivity contribution >= 4 is 5.91 Å². The minimum absolute atomic E-state index is 0.0682. The molecule has 0 spiro atoms. The smallest absolute Gasteiger partial charge is 0.239 e. The lowest BCUT2D eigenvalue weighted by Crippen LogP contribution is -2.44. The van der Waals surface area contributed by atoms with Crippen LogP contribution in [0.3, 0.4) is 0 Å². The number of likely N-dealkylation sites (N-methyl/N-ethyl adjacent to an activating group) is 2. The van der Waals surface area contributed by atoms with Gasteiger partial charge in [-0.05, 0) is 26.8 Å². The van der Waals surface area contributed by atoms with E-state index in [1.54, 1.807) is 0 Å². The van der Waals surface area contributed by atoms with Crippen LogP contribution in [0.25, 0.3) is 0 Å². The summed E-state index contributed by atoms with van der Waals surface area (Å²) in [6.45, 7) is 4.20. The fraction of sp³-hybridized carbons (Fsp3) is 0.909. The van der Waals surface area contributed by atoms with E-state index in [4.69, 9.17) is 0 Å². The normalized spacial score (nSPS) is 37.9. The van der Waals surface area contributed by atoms with Gasteiger partial charge in [0.1, 0.15) is 0 Å². The number of nitrogens with zero attached hydrogens (tertiary/aromatic N) is 2. The molecule has 0 aromatic carbocycles. The van der Waals surface area contributed by atoms with Gasteiger partial charge in [-0.25, -0.2) is 0 Å². The van der Waals surface area contributed by atoms with Gasteiger partial charge in [-0.2, -0.15) is 0 Å². The van der Waals surface area contributed by atoms with Crippen molar-refractivity contribution in [3.05, 3.63) is 0 Å². The first-order valence-corrected chi connectivity index (χ1v) is 5.79. The van der Waals surface area contributed by atoms with E-state index in [9.17, 15) is 4.79 Å². The number of hydrogen-bond acceptors (Lipinski definition) is 3. The topological polar surface area (TPSA) is 35.6 Å². The molecule has 0 aromatic rings. The quantitative estimate of drug-likeness (QED) is 0.693. The van der Waals surface area contributed by atoms with Gasteiger partial charge in [-0.3, -0.25) is 4.79 Å². The molecule has 86 valence electrons. The van der Waals surface area contributed by atoms with Gasteiger partial charge in [0.2, 0.25) is 5.91 Å². The van der Waals surface area contributed by atoms with Crippen LogP contribution < -0.4 is 5.32 Å². The predicted molar refractivity (Wildman–Crippen MR) is 59.7 cm³/mol. The zero-order chi connectivity index (χ0) is 11.0. The summed E-state index contributed by atoms with van der Waals surface area (Å²) in [4.78, 5) is 15.9. The van der Waals surface area contributed by atoms with Crippen molar-refractivity contribution < 1.29 is 4.79 Å². The average Bonchev–Trinajstić information content (AvgIpc) is 2.65. The van der Waals surface area contributed by atoms with E-state index < -0.39 is 0 Å². The van der Waals surface area contributed by atoms with Crippen LogP contribution in [-0.4, -0.2) is 61.0 Å². The summed E-state index contributed by atoms with van der Waals surface area (Å²) in [5.41, 5.74) is 0. The number of carbonyl (C=O) groups is 1. The van der Waals surface area contributed by atoms with Crippen molar-refractivity contribution in [2.24, 2.45) is 0 Å². The Morgan fingerprint density at radius 1 is 1.40 bits per heavy atom. The van der Waals surface area contributed by atoms with E-state index in [1.165, 1.54) is 0 Å². The number of nitrogens with one attached hydrogen (secondary N) is 1. The lowest BCUT2D eigenvalue weighted by molar-refractivity contribution is -0.128. The third kappa shape index (κ3) is 2.16. The summed E-state index contributed by atoms with van der Waals surface area (Å²) < 4.78 is 0. The highest BCUT2D eigenvalue weighted by atomic mass is 16.2. The Labute approximate surface area is 91.6 Å². The largest absolute Gasteiger partial charge is 0.344 e. The lowest BCUT2D eigenvalue weighted by Gasteiger charge is -2.17. The third-order valence-corrected chi connectivity index (χ3v) is 3.75. The molecule has 2 rings (SSSR count). The van der Waals surface area contributed by atoms with E-state index in [0.29, 0.717) is 12.1 Å². The molecule has 1 N–H and O–H groups in total. The van der Waals surface area contributed by atoms with Gasteiger partial charge >= 0.3 is 0 Å². The zero-order valence-electron chi connectivity index (χ0n) is 9.86. The number of amides is 1. The first kappa shape index (κ1) is 10.9. The van der Waals surface area contributed by atoms with Crippen LogP contribution in [0.15, 0.2) is 0 Å². The van der Waals surface area contributed by atoms with Crippen molar-refractivity contribution in [1.29, 1.82) is 0 Å². The summed E-state index contributed by atoms with van der Waals surface area (Å²) in [6.07, 6.45) is 2.12. The van der Waals surface area contributed by atoms with Gasteiger partial charge in [0.15, 0.2) is 0 Å². The highest BCUT2D eigenvalue weighted by molar-refractivity contribution is 5.83. The molecule has 3 unspecified atom stereocenters. The summed E-state index contributed by atoms with van der Waals surface area (Å²) in [7, 11) is 4.03. The molecule has 4 nitrogen and oxygen atoms in total. The lowest BCUT2D eigenvalue weighted by atomic mass is 10.1. The van der Waals surface area contributed by atoms with Crippen molar-refractivity contribution in [3.8, 4) is 0 Å². The van der Waals surface area contributed by atoms with Crippen molar-refractivity contribution in [1.82, 2.24) is 15.1 Å². The maximum absolute atomic E-state index is 11.7. The summed E-state index contributed by atoms with van der Waals surface area (Å²) >= 11 is 0. The van der Waals surface area contributed by atoms with E-state index in [2.05, 4.69) is 24.2 Å². The molecule has 0 aliphatic carbocycles. The molecule has 2 aliphatic heterocycles. The molecule has 1 amide bonds. The second kappa shape index (κ2) is 4.10. The van der Waals surface area contributed by atoms with E-state index in [0.717, 1.165) is 25.9 Å². The molecule has 3 atom stereocenters. The van der Waals surface area contributed by atoms with Crippen molar-refractivity contribution in [2.75, 3.05) is 27.2 Å². The van der Waals surface area contributed by atoms with Gasteiger partial charge in [0.05, 0.1) is 6.04 Å². The summed E-state index contributed by atoms with van der Waals surface area (Å²) in [5, 5.41) is 3.49. The van der Waals surface area contributed by atoms with E-state index in [1.807, 2.05) is 11.9 Å². The van der Waals surface area contributed by atoms with Gasteiger partial charge in [0.25, 0.3) is 0 Å². The summed E-state index contributed by atoms with van der Waals surface area (Å²) in [5.74, 6) is 0.261. The van der Waals surface area contributed by atoms with Gasteiger partial charge in [-0.1, -0.05) is 0 Å². The fourth-order valence-electron chi connectivity index (χ4n) is 2.58. The predicted octanol–water partition coefficient (Wildman–Crippen LogP) is -0.101. The highest BCUT2D eigenvalue weighted by Gasteiger charge is 2.33. The SMILES string of the molecule is CC1CC(NC2CCN(C)C2=O)CN1C. The number of likely N-dealkylation sites (tertiary alicyclic amines) is 2. The van der Waals surface area contributed by atoms with Crippen LogP contribution >= 0.6 is 0 Å². The van der Waals surface area contributed by atoms with Crippen LogP contribution in [0.5, 0.6) is 0 Å². The highest BCUT2D eigenvalue weighted by Crippen LogP contribution is 2.17. The van der Waals surface area contributed by atoms with Gasteiger partial charge in [-0.15, -0.1) is 0 Å². The molecule has 2 aliphatic rings. The van der Waals surface area contributed by atoms with Crippen molar-refractivity contribution in [3.63, 3.8) is 0 Å². The Kier molecular flexibility index (Phi) is 2.98. The maximum atomic E-state index is 11.7. The molecule has 2 saturated heterocycles. The van der Waals surface area contributed by atoms with E-state index in [-0.39, 0.29) is 11.9 Å². The Hall–Kier alpha value is -0.610. The molecule has 2 fully saturated rings. The molecule has 4 heteroatoms. The Morgan fingerprint density at radius 3 is 2.60 bits per heavy atom. The molecular formula is C11H21N3O. The minimum atomic E-state index is 0.0682. The standard InChI is InChI=1S/C11H21N3O/c1-8-6-9(7-14(8)3)12-10-4-5-13(2)11(10)15/h8-10,12H,4-7H2,1-3H3. The third-order valence-electron chi connectivity index (χ3n) is 3.75. The van der Waals surface area contributed by atoms with Gasteiger partial charge in [0, 0.05) is 32.2 Å².